The van der Waals surface area contributed by atoms with E-state index in [0.29, 0.717) is 41.6 Å². The number of aldehydes is 1. The van der Waals surface area contributed by atoms with Gasteiger partial charge in [0, 0.05) is 24.0 Å². The van der Waals surface area contributed by atoms with Gasteiger partial charge in [0.25, 0.3) is 5.91 Å². The van der Waals surface area contributed by atoms with Crippen LogP contribution in [0.5, 0.6) is 5.75 Å². The Morgan fingerprint density at radius 1 is 1.27 bits per heavy atom. The zero-order valence-electron chi connectivity index (χ0n) is 18.1. The lowest BCUT2D eigenvalue weighted by Gasteiger charge is -2.28. The van der Waals surface area contributed by atoms with Crippen molar-refractivity contribution >= 4 is 47.2 Å². The van der Waals surface area contributed by atoms with Gasteiger partial charge in [-0.1, -0.05) is 29.6 Å². The Labute approximate surface area is 202 Å². The second-order valence-corrected chi connectivity index (χ2v) is 9.82. The third-order valence-corrected chi connectivity index (χ3v) is 7.45. The first-order valence-corrected chi connectivity index (χ1v) is 12.0. The molecule has 8 nitrogen and oxygen atoms in total. The minimum atomic E-state index is -0.770. The molecule has 10 heteroatoms. The molecule has 3 amide bonds. The van der Waals surface area contributed by atoms with Crippen molar-refractivity contribution in [3.05, 3.63) is 28.2 Å². The third-order valence-electron chi connectivity index (χ3n) is 6.92. The Morgan fingerprint density at radius 3 is 2.79 bits per heavy atom. The third kappa shape index (κ3) is 5.27. The van der Waals surface area contributed by atoms with Crippen molar-refractivity contribution < 1.29 is 23.9 Å². The van der Waals surface area contributed by atoms with Gasteiger partial charge in [-0.15, -0.1) is 0 Å². The van der Waals surface area contributed by atoms with E-state index in [1.54, 1.807) is 17.0 Å². The number of carbonyl (C=O) groups is 4. The van der Waals surface area contributed by atoms with Gasteiger partial charge < -0.3 is 25.1 Å². The highest BCUT2D eigenvalue weighted by Crippen LogP contribution is 2.42. The Kier molecular flexibility index (Phi) is 7.44. The predicted molar refractivity (Wildman–Crippen MR) is 122 cm³/mol. The molecule has 1 aromatic carbocycles. The summed E-state index contributed by atoms with van der Waals surface area (Å²) < 4.78 is 5.60. The summed E-state index contributed by atoms with van der Waals surface area (Å²) in [6.07, 6.45) is 4.39. The lowest BCUT2D eigenvalue weighted by atomic mass is 9.92. The van der Waals surface area contributed by atoms with Crippen LogP contribution in [-0.4, -0.2) is 60.7 Å². The number of hydrogen-bond donors (Lipinski definition) is 2. The summed E-state index contributed by atoms with van der Waals surface area (Å²) in [7, 11) is 0. The van der Waals surface area contributed by atoms with Crippen molar-refractivity contribution in [2.45, 2.75) is 44.2 Å². The van der Waals surface area contributed by atoms with Crippen molar-refractivity contribution in [3.63, 3.8) is 0 Å². The number of likely N-dealkylation sites (tertiary alicyclic amines) is 1. The maximum Gasteiger partial charge on any atom is 0.261 e. The summed E-state index contributed by atoms with van der Waals surface area (Å²) in [6, 6.07) is 3.31. The Bertz CT molecular complexity index is 943. The molecular weight excluding hydrogens is 469 g/mol. The van der Waals surface area contributed by atoms with E-state index in [9.17, 15) is 19.2 Å². The number of hydrogen-bond acceptors (Lipinski definition) is 5. The lowest BCUT2D eigenvalue weighted by Crippen LogP contribution is -2.52. The van der Waals surface area contributed by atoms with Gasteiger partial charge in [-0.3, -0.25) is 14.4 Å². The van der Waals surface area contributed by atoms with Crippen molar-refractivity contribution in [1.29, 1.82) is 0 Å². The number of nitrogens with one attached hydrogen (secondary N) is 2. The Balaban J connectivity index is 1.42. The van der Waals surface area contributed by atoms with Crippen molar-refractivity contribution in [1.82, 2.24) is 15.5 Å². The first kappa shape index (κ1) is 23.8. The van der Waals surface area contributed by atoms with E-state index < -0.39 is 12.1 Å². The minimum Gasteiger partial charge on any atom is -0.482 e. The zero-order chi connectivity index (χ0) is 23.5. The van der Waals surface area contributed by atoms with E-state index in [1.165, 1.54) is 6.07 Å². The highest BCUT2D eigenvalue weighted by atomic mass is 35.5. The van der Waals surface area contributed by atoms with E-state index in [-0.39, 0.29) is 48.5 Å². The monoisotopic (exact) mass is 495 g/mol. The molecule has 178 valence electrons. The number of carbonyl (C=O) groups excluding carboxylic acids is 4. The molecule has 2 heterocycles. The second kappa shape index (κ2) is 10.3. The second-order valence-electron chi connectivity index (χ2n) is 8.97. The number of ether oxygens (including phenoxy) is 1. The normalized spacial score (nSPS) is 27.1. The van der Waals surface area contributed by atoms with Crippen LogP contribution in [0.2, 0.25) is 10.0 Å². The average Bonchev–Trinajstić information content (AvgIpc) is 3.48. The summed E-state index contributed by atoms with van der Waals surface area (Å²) >= 11 is 12.0. The fraction of sp³-hybridized carbons (Fsp3) is 0.565. The fourth-order valence-corrected chi connectivity index (χ4v) is 5.77. The maximum atomic E-state index is 13.3. The van der Waals surface area contributed by atoms with Crippen LogP contribution in [0.4, 0.5) is 0 Å². The molecule has 0 spiro atoms. The molecule has 2 saturated heterocycles. The van der Waals surface area contributed by atoms with Crippen LogP contribution >= 0.6 is 23.2 Å². The Morgan fingerprint density at radius 2 is 2.09 bits per heavy atom. The van der Waals surface area contributed by atoms with E-state index in [4.69, 9.17) is 27.9 Å². The summed E-state index contributed by atoms with van der Waals surface area (Å²) in [5, 5.41) is 6.29. The number of nitrogens with zero attached hydrogens (tertiary/aromatic N) is 1. The molecule has 2 aliphatic heterocycles. The molecule has 5 atom stereocenters. The van der Waals surface area contributed by atoms with Crippen molar-refractivity contribution in [2.75, 3.05) is 19.7 Å². The molecule has 1 aliphatic carbocycles. The van der Waals surface area contributed by atoms with Crippen LogP contribution < -0.4 is 15.4 Å². The summed E-state index contributed by atoms with van der Waals surface area (Å²) in [5.74, 6) is -0.410. The lowest BCUT2D eigenvalue weighted by molar-refractivity contribution is -0.141. The average molecular weight is 496 g/mol. The van der Waals surface area contributed by atoms with Crippen LogP contribution in [0.1, 0.15) is 32.1 Å². The standard InChI is InChI=1S/C23H27Cl2N3O5/c24-15-4-5-19(18(25)9-15)33-12-20(30)28-10-14-2-1-3-17(14)21(28)23(32)27-16(11-29)8-13-6-7-26-22(13)31/h4-5,9,11,13-14,16-17,21H,1-3,6-8,10,12H2,(H,26,31)(H,27,32)/t13?,14-,16-,17-,21-/m0/s1. The summed E-state index contributed by atoms with van der Waals surface area (Å²) in [6.45, 7) is 0.801. The van der Waals surface area contributed by atoms with E-state index in [2.05, 4.69) is 10.6 Å². The smallest absolute Gasteiger partial charge is 0.261 e. The van der Waals surface area contributed by atoms with Gasteiger partial charge in [-0.2, -0.15) is 0 Å². The molecule has 1 aromatic rings. The molecule has 3 aliphatic rings. The predicted octanol–water partition coefficient (Wildman–Crippen LogP) is 2.21. The van der Waals surface area contributed by atoms with Crippen LogP contribution in [0.15, 0.2) is 18.2 Å². The van der Waals surface area contributed by atoms with E-state index >= 15 is 0 Å². The van der Waals surface area contributed by atoms with Crippen LogP contribution in [0.25, 0.3) is 0 Å². The molecule has 1 unspecified atom stereocenters. The van der Waals surface area contributed by atoms with Gasteiger partial charge in [0.1, 0.15) is 18.1 Å². The molecule has 0 radical (unpaired) electrons. The number of rotatable bonds is 8. The quantitative estimate of drug-likeness (QED) is 0.537. The van der Waals surface area contributed by atoms with E-state index in [0.717, 1.165) is 19.3 Å². The first-order valence-electron chi connectivity index (χ1n) is 11.3. The van der Waals surface area contributed by atoms with Crippen LogP contribution in [0.3, 0.4) is 0 Å². The molecule has 4 rings (SSSR count). The van der Waals surface area contributed by atoms with Gasteiger partial charge >= 0.3 is 0 Å². The number of amides is 3. The molecule has 0 aromatic heterocycles. The highest BCUT2D eigenvalue weighted by Gasteiger charge is 2.49. The van der Waals surface area contributed by atoms with Gasteiger partial charge in [0.15, 0.2) is 6.61 Å². The number of fused-ring (bicyclic) bond motifs is 1. The minimum absolute atomic E-state index is 0.0511. The van der Waals surface area contributed by atoms with Crippen molar-refractivity contribution in [3.8, 4) is 5.75 Å². The van der Waals surface area contributed by atoms with Gasteiger partial charge in [-0.25, -0.2) is 0 Å². The first-order chi connectivity index (χ1) is 15.9. The molecule has 0 bridgehead atoms. The number of halogens is 2. The topological polar surface area (TPSA) is 105 Å². The SMILES string of the molecule is O=C[C@H](CC1CCNC1=O)NC(=O)[C@@H]1[C@H]2CCC[C@H]2CN1C(=O)COc1ccc(Cl)cc1Cl. The molecule has 33 heavy (non-hydrogen) atoms. The zero-order valence-corrected chi connectivity index (χ0v) is 19.6. The van der Waals surface area contributed by atoms with Crippen LogP contribution in [-0.2, 0) is 19.2 Å². The highest BCUT2D eigenvalue weighted by molar-refractivity contribution is 6.35. The van der Waals surface area contributed by atoms with E-state index in [1.807, 2.05) is 0 Å². The summed E-state index contributed by atoms with van der Waals surface area (Å²) in [4.78, 5) is 51.4. The van der Waals surface area contributed by atoms with Crippen LogP contribution in [0, 0.1) is 17.8 Å². The van der Waals surface area contributed by atoms with Gasteiger partial charge in [-0.05, 0) is 55.7 Å². The number of benzene rings is 1. The molecule has 2 N–H and O–H groups in total. The summed E-state index contributed by atoms with van der Waals surface area (Å²) in [5.41, 5.74) is 0. The fourth-order valence-electron chi connectivity index (χ4n) is 5.31. The molecule has 1 saturated carbocycles. The Hall–Kier alpha value is -2.32. The van der Waals surface area contributed by atoms with Gasteiger partial charge in [0.05, 0.1) is 11.1 Å². The van der Waals surface area contributed by atoms with Crippen molar-refractivity contribution in [2.24, 2.45) is 17.8 Å². The largest absolute Gasteiger partial charge is 0.482 e. The maximum absolute atomic E-state index is 13.3. The molecule has 3 fully saturated rings. The van der Waals surface area contributed by atoms with Gasteiger partial charge in [0.2, 0.25) is 11.8 Å². The molecular formula is C23H27Cl2N3O5.